The molecule has 5 nitrogen and oxygen atoms in total. The number of carboxylic acids is 1. The van der Waals surface area contributed by atoms with Crippen molar-refractivity contribution in [3.05, 3.63) is 0 Å². The van der Waals surface area contributed by atoms with E-state index in [-0.39, 0.29) is 0 Å². The van der Waals surface area contributed by atoms with Gasteiger partial charge in [-0.3, -0.25) is 4.79 Å². The molecule has 0 aromatic rings. The summed E-state index contributed by atoms with van der Waals surface area (Å²) in [6.45, 7) is 0.300. The minimum Gasteiger partial charge on any atom is -0.481 e. The van der Waals surface area contributed by atoms with Crippen molar-refractivity contribution in [3.63, 3.8) is 0 Å². The smallest absolute Gasteiger partial charge is 0.310 e. The summed E-state index contributed by atoms with van der Waals surface area (Å²) in [5.41, 5.74) is 10.5. The molecule has 2 unspecified atom stereocenters. The van der Waals surface area contributed by atoms with E-state index < -0.39 is 18.1 Å². The normalized spacial score (nSPS) is 15.9. The summed E-state index contributed by atoms with van der Waals surface area (Å²) in [4.78, 5) is 10.5. The lowest BCUT2D eigenvalue weighted by Crippen LogP contribution is -2.38. The lowest BCUT2D eigenvalue weighted by Gasteiger charge is -2.17. The van der Waals surface area contributed by atoms with Crippen LogP contribution < -0.4 is 11.5 Å². The Morgan fingerprint density at radius 3 is 2.55 bits per heavy atom. The van der Waals surface area contributed by atoms with Gasteiger partial charge in [-0.2, -0.15) is 0 Å². The van der Waals surface area contributed by atoms with E-state index in [0.717, 1.165) is 0 Å². The average Bonchev–Trinajstić information content (AvgIpc) is 1.98. The lowest BCUT2D eigenvalue weighted by molar-refractivity contribution is -0.146. The van der Waals surface area contributed by atoms with E-state index in [1.807, 2.05) is 0 Å². The Hall–Kier alpha value is -0.650. The fraction of sp³-hybridized carbons (Fsp3) is 0.833. The number of carbonyl (C=O) groups is 1. The maximum absolute atomic E-state index is 10.5. The monoisotopic (exact) mass is 162 g/mol. The summed E-state index contributed by atoms with van der Waals surface area (Å²) >= 11 is 0. The molecular formula is C6H14N2O3. The number of aliphatic carboxylic acids is 1. The van der Waals surface area contributed by atoms with Gasteiger partial charge in [-0.15, -0.1) is 0 Å². The first-order chi connectivity index (χ1) is 5.13. The number of rotatable bonds is 5. The molecule has 0 aliphatic heterocycles. The van der Waals surface area contributed by atoms with Gasteiger partial charge in [0.25, 0.3) is 0 Å². The summed E-state index contributed by atoms with van der Waals surface area (Å²) in [6, 6.07) is 0. The number of hydrogen-bond donors (Lipinski definition) is 3. The van der Waals surface area contributed by atoms with Crippen molar-refractivity contribution in [2.75, 3.05) is 13.7 Å². The minimum absolute atomic E-state index is 0.300. The topological polar surface area (TPSA) is 98.6 Å². The molecule has 0 aliphatic rings. The summed E-state index contributed by atoms with van der Waals surface area (Å²) < 4.78 is 4.67. The molecule has 0 amide bonds. The van der Waals surface area contributed by atoms with Gasteiger partial charge in [-0.1, -0.05) is 0 Å². The first kappa shape index (κ1) is 10.3. The van der Waals surface area contributed by atoms with Crippen molar-refractivity contribution in [1.82, 2.24) is 0 Å². The van der Waals surface area contributed by atoms with Crippen LogP contribution in [0.4, 0.5) is 0 Å². The van der Waals surface area contributed by atoms with E-state index in [0.29, 0.717) is 13.0 Å². The van der Waals surface area contributed by atoms with Crippen LogP contribution in [-0.2, 0) is 9.53 Å². The van der Waals surface area contributed by atoms with Crippen LogP contribution in [0.25, 0.3) is 0 Å². The molecule has 5 N–H and O–H groups in total. The molecule has 0 rings (SSSR count). The lowest BCUT2D eigenvalue weighted by atomic mass is 10.0. The Morgan fingerprint density at radius 2 is 2.27 bits per heavy atom. The van der Waals surface area contributed by atoms with Gasteiger partial charge in [0.05, 0.1) is 5.92 Å². The molecule has 0 saturated heterocycles. The molecule has 0 aromatic carbocycles. The number of methoxy groups -OCH3 is 1. The summed E-state index contributed by atoms with van der Waals surface area (Å²) in [5.74, 6) is -1.67. The van der Waals surface area contributed by atoms with Crippen molar-refractivity contribution < 1.29 is 14.6 Å². The van der Waals surface area contributed by atoms with Crippen LogP contribution >= 0.6 is 0 Å². The van der Waals surface area contributed by atoms with E-state index in [4.69, 9.17) is 16.6 Å². The van der Waals surface area contributed by atoms with Gasteiger partial charge in [0, 0.05) is 7.11 Å². The summed E-state index contributed by atoms with van der Waals surface area (Å²) in [7, 11) is 1.37. The number of carboxylic acid groups (broad SMARTS) is 1. The van der Waals surface area contributed by atoms with Crippen LogP contribution in [0, 0.1) is 5.92 Å². The SMILES string of the molecule is COC(N)C(CCN)C(=O)O. The third-order valence-electron chi connectivity index (χ3n) is 1.46. The van der Waals surface area contributed by atoms with E-state index in [1.54, 1.807) is 0 Å². The predicted molar refractivity (Wildman–Crippen MR) is 39.8 cm³/mol. The van der Waals surface area contributed by atoms with Gasteiger partial charge in [0.2, 0.25) is 0 Å². The maximum atomic E-state index is 10.5. The molecule has 0 aromatic heterocycles. The van der Waals surface area contributed by atoms with Gasteiger partial charge in [0.15, 0.2) is 0 Å². The van der Waals surface area contributed by atoms with Crippen molar-refractivity contribution in [2.24, 2.45) is 17.4 Å². The van der Waals surface area contributed by atoms with E-state index in [1.165, 1.54) is 7.11 Å². The van der Waals surface area contributed by atoms with Gasteiger partial charge >= 0.3 is 5.97 Å². The zero-order valence-electron chi connectivity index (χ0n) is 6.49. The quantitative estimate of drug-likeness (QED) is 0.449. The molecule has 0 spiro atoms. The second kappa shape index (κ2) is 5.06. The van der Waals surface area contributed by atoms with E-state index >= 15 is 0 Å². The highest BCUT2D eigenvalue weighted by Gasteiger charge is 2.23. The zero-order valence-corrected chi connectivity index (χ0v) is 6.49. The molecule has 5 heteroatoms. The van der Waals surface area contributed by atoms with E-state index in [9.17, 15) is 4.79 Å². The summed E-state index contributed by atoms with van der Waals surface area (Å²) in [5, 5.41) is 8.59. The molecule has 2 atom stereocenters. The molecule has 0 saturated carbocycles. The van der Waals surface area contributed by atoms with Crippen LogP contribution in [0.15, 0.2) is 0 Å². The Kier molecular flexibility index (Phi) is 4.76. The Labute approximate surface area is 65.3 Å². The number of nitrogens with two attached hydrogens (primary N) is 2. The molecule has 0 bridgehead atoms. The second-order valence-corrected chi connectivity index (χ2v) is 2.22. The second-order valence-electron chi connectivity index (χ2n) is 2.22. The molecular weight excluding hydrogens is 148 g/mol. The van der Waals surface area contributed by atoms with Crippen LogP contribution in [0.5, 0.6) is 0 Å². The summed E-state index contributed by atoms with van der Waals surface area (Å²) in [6.07, 6.45) is -0.430. The number of ether oxygens (including phenoxy) is 1. The van der Waals surface area contributed by atoms with Crippen molar-refractivity contribution >= 4 is 5.97 Å². The molecule has 0 fully saturated rings. The van der Waals surface area contributed by atoms with Crippen LogP contribution in [-0.4, -0.2) is 31.0 Å². The minimum atomic E-state index is -0.968. The van der Waals surface area contributed by atoms with Crippen LogP contribution in [0.2, 0.25) is 0 Å². The third-order valence-corrected chi connectivity index (χ3v) is 1.46. The molecule has 0 heterocycles. The van der Waals surface area contributed by atoms with E-state index in [2.05, 4.69) is 4.74 Å². The Bertz CT molecular complexity index is 129. The fourth-order valence-corrected chi connectivity index (χ4v) is 0.772. The van der Waals surface area contributed by atoms with Gasteiger partial charge in [0.1, 0.15) is 6.23 Å². The third kappa shape index (κ3) is 3.31. The van der Waals surface area contributed by atoms with Gasteiger partial charge in [-0.25, -0.2) is 0 Å². The molecule has 0 radical (unpaired) electrons. The van der Waals surface area contributed by atoms with Crippen LogP contribution in [0.3, 0.4) is 0 Å². The highest BCUT2D eigenvalue weighted by atomic mass is 16.5. The standard InChI is InChI=1S/C6H14N2O3/c1-11-5(8)4(2-3-7)6(9)10/h4-5H,2-3,7-8H2,1H3,(H,9,10). The first-order valence-electron chi connectivity index (χ1n) is 3.34. The molecule has 11 heavy (non-hydrogen) atoms. The zero-order chi connectivity index (χ0) is 8.85. The van der Waals surface area contributed by atoms with Gasteiger partial charge < -0.3 is 21.3 Å². The predicted octanol–water partition coefficient (Wildman–Crippen LogP) is -1.03. The Morgan fingerprint density at radius 1 is 1.73 bits per heavy atom. The number of hydrogen-bond acceptors (Lipinski definition) is 4. The maximum Gasteiger partial charge on any atom is 0.310 e. The average molecular weight is 162 g/mol. The highest BCUT2D eigenvalue weighted by molar-refractivity contribution is 5.70. The molecule has 0 aliphatic carbocycles. The molecule has 66 valence electrons. The van der Waals surface area contributed by atoms with Crippen molar-refractivity contribution in [3.8, 4) is 0 Å². The van der Waals surface area contributed by atoms with Crippen molar-refractivity contribution in [2.45, 2.75) is 12.6 Å². The first-order valence-corrected chi connectivity index (χ1v) is 3.34. The van der Waals surface area contributed by atoms with Crippen molar-refractivity contribution in [1.29, 1.82) is 0 Å². The van der Waals surface area contributed by atoms with Gasteiger partial charge in [-0.05, 0) is 13.0 Å². The fourth-order valence-electron chi connectivity index (χ4n) is 0.772. The highest BCUT2D eigenvalue weighted by Crippen LogP contribution is 2.06. The van der Waals surface area contributed by atoms with Crippen LogP contribution in [0.1, 0.15) is 6.42 Å². The Balaban J connectivity index is 3.97. The largest absolute Gasteiger partial charge is 0.481 e.